The molecule has 21 heavy (non-hydrogen) atoms. The smallest absolute Gasteiger partial charge is 0.328 e. The van der Waals surface area contributed by atoms with E-state index in [-0.39, 0.29) is 0 Å². The summed E-state index contributed by atoms with van der Waals surface area (Å²) in [6.07, 6.45) is 4.96. The maximum Gasteiger partial charge on any atom is 0.328 e. The van der Waals surface area contributed by atoms with Crippen molar-refractivity contribution in [1.82, 2.24) is 0 Å². The molecule has 0 aliphatic rings. The highest BCUT2D eigenvalue weighted by molar-refractivity contribution is 5.85. The highest BCUT2D eigenvalue weighted by atomic mass is 16.5. The molecule has 1 aromatic rings. The Morgan fingerprint density at radius 1 is 1.43 bits per heavy atom. The molecule has 0 fully saturated rings. The molecule has 1 rings (SSSR count). The monoisotopic (exact) mass is 292 g/mol. The summed E-state index contributed by atoms with van der Waals surface area (Å²) in [6, 6.07) is 5.65. The Morgan fingerprint density at radius 3 is 2.81 bits per heavy atom. The van der Waals surface area contributed by atoms with Crippen molar-refractivity contribution in [2.24, 2.45) is 5.92 Å². The van der Waals surface area contributed by atoms with Crippen LogP contribution in [-0.4, -0.2) is 24.8 Å². The molecule has 0 amide bonds. The summed E-state index contributed by atoms with van der Waals surface area (Å²) in [4.78, 5) is 10.6. The molecule has 0 aromatic heterocycles. The summed E-state index contributed by atoms with van der Waals surface area (Å²) in [5, 5.41) is 8.71. The lowest BCUT2D eigenvalue weighted by Crippen LogP contribution is -2.05. The molecule has 4 nitrogen and oxygen atoms in total. The molecule has 1 atom stereocenters. The van der Waals surface area contributed by atoms with Gasteiger partial charge in [-0.25, -0.2) is 4.79 Å². The van der Waals surface area contributed by atoms with E-state index >= 15 is 0 Å². The van der Waals surface area contributed by atoms with Crippen LogP contribution in [0.15, 0.2) is 24.3 Å². The van der Waals surface area contributed by atoms with Crippen molar-refractivity contribution in [2.45, 2.75) is 33.3 Å². The van der Waals surface area contributed by atoms with Crippen LogP contribution < -0.4 is 4.74 Å². The van der Waals surface area contributed by atoms with Gasteiger partial charge in [0, 0.05) is 18.2 Å². The molecular weight excluding hydrogens is 268 g/mol. The number of carboxylic acid groups (broad SMARTS) is 1. The van der Waals surface area contributed by atoms with Crippen LogP contribution in [0.1, 0.15) is 37.8 Å². The minimum Gasteiger partial charge on any atom is -0.496 e. The third-order valence-electron chi connectivity index (χ3n) is 3.15. The average Bonchev–Trinajstić information content (AvgIpc) is 2.45. The van der Waals surface area contributed by atoms with Crippen molar-refractivity contribution in [3.8, 4) is 5.75 Å². The molecule has 1 aromatic carbocycles. The minimum atomic E-state index is -0.980. The molecule has 1 unspecified atom stereocenters. The molecule has 0 bridgehead atoms. The summed E-state index contributed by atoms with van der Waals surface area (Å²) in [6.45, 7) is 5.60. The van der Waals surface area contributed by atoms with E-state index in [1.807, 2.05) is 18.2 Å². The molecule has 0 saturated carbocycles. The summed E-state index contributed by atoms with van der Waals surface area (Å²) in [5.41, 5.74) is 1.74. The lowest BCUT2D eigenvalue weighted by atomic mass is 10.1. The first kappa shape index (κ1) is 17.2. The number of ether oxygens (including phenoxy) is 2. The van der Waals surface area contributed by atoms with E-state index in [4.69, 9.17) is 14.6 Å². The van der Waals surface area contributed by atoms with E-state index < -0.39 is 5.97 Å². The second-order valence-electron chi connectivity index (χ2n) is 5.16. The maximum atomic E-state index is 10.6. The van der Waals surface area contributed by atoms with Gasteiger partial charge in [0.15, 0.2) is 0 Å². The van der Waals surface area contributed by atoms with Crippen LogP contribution in [0.2, 0.25) is 0 Å². The van der Waals surface area contributed by atoms with Crippen molar-refractivity contribution >= 4 is 12.0 Å². The Hall–Kier alpha value is -1.81. The topological polar surface area (TPSA) is 55.8 Å². The number of benzene rings is 1. The van der Waals surface area contributed by atoms with Gasteiger partial charge in [0.2, 0.25) is 0 Å². The first-order chi connectivity index (χ1) is 10.1. The molecular formula is C17H24O4. The van der Waals surface area contributed by atoms with E-state index in [1.54, 1.807) is 7.11 Å². The quantitative estimate of drug-likeness (QED) is 0.704. The van der Waals surface area contributed by atoms with Gasteiger partial charge < -0.3 is 14.6 Å². The van der Waals surface area contributed by atoms with E-state index in [2.05, 4.69) is 13.8 Å². The van der Waals surface area contributed by atoms with Crippen molar-refractivity contribution in [3.05, 3.63) is 35.4 Å². The normalized spacial score (nSPS) is 12.5. The van der Waals surface area contributed by atoms with Gasteiger partial charge in [0.05, 0.1) is 13.7 Å². The molecule has 0 spiro atoms. The van der Waals surface area contributed by atoms with Crippen LogP contribution in [0, 0.1) is 5.92 Å². The third-order valence-corrected chi connectivity index (χ3v) is 3.15. The Morgan fingerprint density at radius 2 is 2.19 bits per heavy atom. The first-order valence-electron chi connectivity index (χ1n) is 7.22. The fraction of sp³-hybridized carbons (Fsp3) is 0.471. The molecule has 0 radical (unpaired) electrons. The predicted molar refractivity (Wildman–Crippen MR) is 83.4 cm³/mol. The van der Waals surface area contributed by atoms with Crippen molar-refractivity contribution in [3.63, 3.8) is 0 Å². The van der Waals surface area contributed by atoms with Gasteiger partial charge in [-0.05, 0) is 36.1 Å². The Bertz CT molecular complexity index is 480. The zero-order valence-electron chi connectivity index (χ0n) is 13.0. The van der Waals surface area contributed by atoms with Gasteiger partial charge in [-0.15, -0.1) is 0 Å². The summed E-state index contributed by atoms with van der Waals surface area (Å²) >= 11 is 0. The number of carboxylic acids is 1. The minimum absolute atomic E-state index is 0.520. The predicted octanol–water partition coefficient (Wildman–Crippen LogP) is 3.75. The summed E-state index contributed by atoms with van der Waals surface area (Å²) in [7, 11) is 1.57. The number of rotatable bonds is 9. The molecule has 0 heterocycles. The van der Waals surface area contributed by atoms with Crippen LogP contribution in [0.5, 0.6) is 5.75 Å². The fourth-order valence-corrected chi connectivity index (χ4v) is 2.12. The lowest BCUT2D eigenvalue weighted by molar-refractivity contribution is -0.131. The number of hydrogen-bond acceptors (Lipinski definition) is 3. The van der Waals surface area contributed by atoms with Crippen molar-refractivity contribution < 1.29 is 19.4 Å². The SMILES string of the molecule is CCCC(C)COCc1ccc(OC)c(/C=C/C(=O)O)c1. The number of carbonyl (C=O) groups is 1. The van der Waals surface area contributed by atoms with Gasteiger partial charge in [-0.3, -0.25) is 0 Å². The van der Waals surface area contributed by atoms with Gasteiger partial charge in [0.25, 0.3) is 0 Å². The standard InChI is InChI=1S/C17H24O4/c1-4-5-13(2)11-21-12-14-6-8-16(20-3)15(10-14)7-9-17(18)19/h6-10,13H,4-5,11-12H2,1-3H3,(H,18,19)/b9-7+. The van der Waals surface area contributed by atoms with Gasteiger partial charge in [-0.1, -0.05) is 26.3 Å². The third kappa shape index (κ3) is 6.45. The maximum absolute atomic E-state index is 10.6. The highest BCUT2D eigenvalue weighted by Gasteiger charge is 2.04. The van der Waals surface area contributed by atoms with E-state index in [0.29, 0.717) is 18.3 Å². The second kappa shape index (κ2) is 9.19. The highest BCUT2D eigenvalue weighted by Crippen LogP contribution is 2.22. The van der Waals surface area contributed by atoms with Gasteiger partial charge in [0.1, 0.15) is 5.75 Å². The van der Waals surface area contributed by atoms with Crippen LogP contribution in [0.25, 0.3) is 6.08 Å². The average molecular weight is 292 g/mol. The molecule has 0 saturated heterocycles. The molecule has 4 heteroatoms. The summed E-state index contributed by atoms with van der Waals surface area (Å²) in [5.74, 6) is 0.224. The van der Waals surface area contributed by atoms with Crippen LogP contribution in [-0.2, 0) is 16.1 Å². The number of methoxy groups -OCH3 is 1. The fourth-order valence-electron chi connectivity index (χ4n) is 2.12. The number of aliphatic carboxylic acids is 1. The Kier molecular flexibility index (Phi) is 7.54. The van der Waals surface area contributed by atoms with Crippen LogP contribution >= 0.6 is 0 Å². The lowest BCUT2D eigenvalue weighted by Gasteiger charge is -2.12. The van der Waals surface area contributed by atoms with E-state index in [9.17, 15) is 4.79 Å². The largest absolute Gasteiger partial charge is 0.496 e. The van der Waals surface area contributed by atoms with Crippen LogP contribution in [0.4, 0.5) is 0 Å². The van der Waals surface area contributed by atoms with Crippen LogP contribution in [0.3, 0.4) is 0 Å². The van der Waals surface area contributed by atoms with Crippen molar-refractivity contribution in [1.29, 1.82) is 0 Å². The zero-order chi connectivity index (χ0) is 15.7. The molecule has 0 aliphatic heterocycles. The van der Waals surface area contributed by atoms with Gasteiger partial charge in [-0.2, -0.15) is 0 Å². The Labute approximate surface area is 126 Å². The number of hydrogen-bond donors (Lipinski definition) is 1. The zero-order valence-corrected chi connectivity index (χ0v) is 13.0. The molecule has 116 valence electrons. The molecule has 0 aliphatic carbocycles. The van der Waals surface area contributed by atoms with E-state index in [1.165, 1.54) is 6.08 Å². The van der Waals surface area contributed by atoms with Gasteiger partial charge >= 0.3 is 5.97 Å². The van der Waals surface area contributed by atoms with E-state index in [0.717, 1.165) is 36.7 Å². The molecule has 1 N–H and O–H groups in total. The second-order valence-corrected chi connectivity index (χ2v) is 5.16. The van der Waals surface area contributed by atoms with Crippen molar-refractivity contribution in [2.75, 3.05) is 13.7 Å². The Balaban J connectivity index is 2.67. The first-order valence-corrected chi connectivity index (χ1v) is 7.22. The summed E-state index contributed by atoms with van der Waals surface area (Å²) < 4.78 is 10.9.